The molecule has 4 heteroatoms. The summed E-state index contributed by atoms with van der Waals surface area (Å²) in [6, 6.07) is 5.87. The predicted molar refractivity (Wildman–Crippen MR) is 71.3 cm³/mol. The molecule has 0 aromatic heterocycles. The van der Waals surface area contributed by atoms with Crippen molar-refractivity contribution >= 4 is 5.69 Å². The fraction of sp³-hybridized carbons (Fsp3) is 0.571. The second-order valence-corrected chi connectivity index (χ2v) is 4.70. The van der Waals surface area contributed by atoms with Crippen molar-refractivity contribution < 1.29 is 14.6 Å². The third-order valence-electron chi connectivity index (χ3n) is 3.26. The standard InChI is InChI=1S/C14H21NO3/c1-10-9-15(7-8-18-10)12-5-4-6-13(17-3)14(12)11(2)16/h4-6,10-11,16H,7-9H2,1-3H3. The minimum Gasteiger partial charge on any atom is -0.496 e. The average Bonchev–Trinajstić information content (AvgIpc) is 2.37. The van der Waals surface area contributed by atoms with Gasteiger partial charge < -0.3 is 19.5 Å². The molecule has 1 fully saturated rings. The molecule has 1 heterocycles. The van der Waals surface area contributed by atoms with Crippen LogP contribution in [0.15, 0.2) is 18.2 Å². The number of hydrogen-bond donors (Lipinski definition) is 1. The van der Waals surface area contributed by atoms with Gasteiger partial charge in [0.1, 0.15) is 5.75 Å². The zero-order chi connectivity index (χ0) is 13.1. The molecule has 1 aliphatic heterocycles. The number of methoxy groups -OCH3 is 1. The number of aliphatic hydroxyl groups is 1. The first kappa shape index (κ1) is 13.2. The van der Waals surface area contributed by atoms with Gasteiger partial charge in [-0.1, -0.05) is 6.07 Å². The summed E-state index contributed by atoms with van der Waals surface area (Å²) < 4.78 is 10.9. The lowest BCUT2D eigenvalue weighted by Crippen LogP contribution is -2.41. The van der Waals surface area contributed by atoms with Crippen LogP contribution in [0.5, 0.6) is 5.75 Å². The van der Waals surface area contributed by atoms with Crippen molar-refractivity contribution in [2.45, 2.75) is 26.1 Å². The highest BCUT2D eigenvalue weighted by molar-refractivity contribution is 5.60. The van der Waals surface area contributed by atoms with Gasteiger partial charge in [-0.25, -0.2) is 0 Å². The van der Waals surface area contributed by atoms with Crippen LogP contribution in [0.1, 0.15) is 25.5 Å². The van der Waals surface area contributed by atoms with E-state index in [2.05, 4.69) is 11.8 Å². The van der Waals surface area contributed by atoms with Crippen molar-refractivity contribution in [3.63, 3.8) is 0 Å². The van der Waals surface area contributed by atoms with E-state index in [0.29, 0.717) is 0 Å². The predicted octanol–water partition coefficient (Wildman–Crippen LogP) is 1.97. The lowest BCUT2D eigenvalue weighted by atomic mass is 10.0. The summed E-state index contributed by atoms with van der Waals surface area (Å²) in [4.78, 5) is 2.25. The number of benzene rings is 1. The first-order valence-corrected chi connectivity index (χ1v) is 6.35. The van der Waals surface area contributed by atoms with Crippen molar-refractivity contribution in [1.82, 2.24) is 0 Å². The summed E-state index contributed by atoms with van der Waals surface area (Å²) in [5.74, 6) is 0.738. The SMILES string of the molecule is COc1cccc(N2CCOC(C)C2)c1C(C)O. The Morgan fingerprint density at radius 2 is 2.28 bits per heavy atom. The molecule has 1 aromatic rings. The Morgan fingerprint density at radius 1 is 1.50 bits per heavy atom. The molecule has 1 saturated heterocycles. The normalized spacial score (nSPS) is 21.8. The van der Waals surface area contributed by atoms with Gasteiger partial charge in [0.15, 0.2) is 0 Å². The number of ether oxygens (including phenoxy) is 2. The van der Waals surface area contributed by atoms with Gasteiger partial charge >= 0.3 is 0 Å². The Hall–Kier alpha value is -1.26. The molecule has 0 amide bonds. The summed E-state index contributed by atoms with van der Waals surface area (Å²) in [6.07, 6.45) is -0.332. The number of nitrogens with zero attached hydrogens (tertiary/aromatic N) is 1. The molecule has 0 bridgehead atoms. The number of morpholine rings is 1. The number of rotatable bonds is 3. The molecule has 18 heavy (non-hydrogen) atoms. The minimum atomic E-state index is -0.547. The van der Waals surface area contributed by atoms with Crippen molar-refractivity contribution in [3.05, 3.63) is 23.8 Å². The van der Waals surface area contributed by atoms with E-state index in [0.717, 1.165) is 36.7 Å². The van der Waals surface area contributed by atoms with Crippen LogP contribution in [-0.4, -0.2) is 38.0 Å². The molecule has 2 atom stereocenters. The van der Waals surface area contributed by atoms with Crippen LogP contribution >= 0.6 is 0 Å². The van der Waals surface area contributed by atoms with Crippen LogP contribution in [-0.2, 0) is 4.74 Å². The Labute approximate surface area is 108 Å². The van der Waals surface area contributed by atoms with E-state index in [-0.39, 0.29) is 6.10 Å². The van der Waals surface area contributed by atoms with Gasteiger partial charge in [0, 0.05) is 24.3 Å². The van der Waals surface area contributed by atoms with Gasteiger partial charge in [-0.05, 0) is 26.0 Å². The third-order valence-corrected chi connectivity index (χ3v) is 3.26. The van der Waals surface area contributed by atoms with Gasteiger partial charge in [-0.2, -0.15) is 0 Å². The van der Waals surface area contributed by atoms with Crippen LogP contribution in [0.2, 0.25) is 0 Å². The molecule has 1 aliphatic rings. The first-order valence-electron chi connectivity index (χ1n) is 6.35. The van der Waals surface area contributed by atoms with Crippen molar-refractivity contribution in [3.8, 4) is 5.75 Å². The molecule has 0 spiro atoms. The molecule has 1 aromatic carbocycles. The van der Waals surface area contributed by atoms with Crippen molar-refractivity contribution in [1.29, 1.82) is 0 Å². The number of anilines is 1. The van der Waals surface area contributed by atoms with E-state index in [1.165, 1.54) is 0 Å². The molecule has 2 rings (SSSR count). The van der Waals surface area contributed by atoms with Gasteiger partial charge in [0.2, 0.25) is 0 Å². The lowest BCUT2D eigenvalue weighted by molar-refractivity contribution is 0.0529. The van der Waals surface area contributed by atoms with E-state index in [1.54, 1.807) is 14.0 Å². The van der Waals surface area contributed by atoms with Gasteiger partial charge in [-0.3, -0.25) is 0 Å². The van der Waals surface area contributed by atoms with Crippen molar-refractivity contribution in [2.75, 3.05) is 31.7 Å². The first-order chi connectivity index (χ1) is 8.63. The monoisotopic (exact) mass is 251 g/mol. The van der Waals surface area contributed by atoms with Crippen LogP contribution in [0, 0.1) is 0 Å². The van der Waals surface area contributed by atoms with Gasteiger partial charge in [-0.15, -0.1) is 0 Å². The molecular weight excluding hydrogens is 230 g/mol. The van der Waals surface area contributed by atoms with Crippen LogP contribution in [0.25, 0.3) is 0 Å². The maximum atomic E-state index is 9.98. The average molecular weight is 251 g/mol. The lowest BCUT2D eigenvalue weighted by Gasteiger charge is -2.35. The molecule has 2 unspecified atom stereocenters. The van der Waals surface area contributed by atoms with Crippen LogP contribution < -0.4 is 9.64 Å². The van der Waals surface area contributed by atoms with E-state index < -0.39 is 6.10 Å². The molecule has 4 nitrogen and oxygen atoms in total. The Kier molecular flexibility index (Phi) is 4.09. The largest absolute Gasteiger partial charge is 0.496 e. The Morgan fingerprint density at radius 3 is 2.89 bits per heavy atom. The second-order valence-electron chi connectivity index (χ2n) is 4.70. The van der Waals surface area contributed by atoms with Gasteiger partial charge in [0.25, 0.3) is 0 Å². The second kappa shape index (κ2) is 5.59. The summed E-state index contributed by atoms with van der Waals surface area (Å²) in [5.41, 5.74) is 1.90. The summed E-state index contributed by atoms with van der Waals surface area (Å²) in [6.45, 7) is 6.24. The Balaban J connectivity index is 2.36. The summed E-state index contributed by atoms with van der Waals surface area (Å²) in [7, 11) is 1.63. The summed E-state index contributed by atoms with van der Waals surface area (Å²) >= 11 is 0. The van der Waals surface area contributed by atoms with E-state index >= 15 is 0 Å². The minimum absolute atomic E-state index is 0.215. The molecule has 0 radical (unpaired) electrons. The maximum absolute atomic E-state index is 9.98. The zero-order valence-corrected chi connectivity index (χ0v) is 11.2. The topological polar surface area (TPSA) is 41.9 Å². The molecule has 0 aliphatic carbocycles. The molecule has 100 valence electrons. The van der Waals surface area contributed by atoms with Crippen LogP contribution in [0.4, 0.5) is 5.69 Å². The number of hydrogen-bond acceptors (Lipinski definition) is 4. The molecular formula is C14H21NO3. The fourth-order valence-electron chi connectivity index (χ4n) is 2.44. The summed E-state index contributed by atoms with van der Waals surface area (Å²) in [5, 5.41) is 9.98. The van der Waals surface area contributed by atoms with E-state index in [9.17, 15) is 5.11 Å². The smallest absolute Gasteiger partial charge is 0.126 e. The third kappa shape index (κ3) is 2.60. The van der Waals surface area contributed by atoms with E-state index in [4.69, 9.17) is 9.47 Å². The highest BCUT2D eigenvalue weighted by Crippen LogP contribution is 2.35. The van der Waals surface area contributed by atoms with Gasteiger partial charge in [0.05, 0.1) is 25.9 Å². The maximum Gasteiger partial charge on any atom is 0.126 e. The van der Waals surface area contributed by atoms with Crippen molar-refractivity contribution in [2.24, 2.45) is 0 Å². The number of aliphatic hydroxyl groups excluding tert-OH is 1. The zero-order valence-electron chi connectivity index (χ0n) is 11.2. The quantitative estimate of drug-likeness (QED) is 0.892. The molecule has 1 N–H and O–H groups in total. The highest BCUT2D eigenvalue weighted by Gasteiger charge is 2.22. The van der Waals surface area contributed by atoms with E-state index in [1.807, 2.05) is 18.2 Å². The fourth-order valence-corrected chi connectivity index (χ4v) is 2.44. The Bertz CT molecular complexity index is 406. The highest BCUT2D eigenvalue weighted by atomic mass is 16.5. The molecule has 0 saturated carbocycles. The van der Waals surface area contributed by atoms with Crippen LogP contribution in [0.3, 0.4) is 0 Å².